The second kappa shape index (κ2) is 7.72. The van der Waals surface area contributed by atoms with Crippen molar-refractivity contribution in [3.05, 3.63) is 108 Å². The maximum atomic E-state index is 12.7. The molecule has 5 nitrogen and oxygen atoms in total. The number of nitrogens with zero attached hydrogens (tertiary/aromatic N) is 2. The van der Waals surface area contributed by atoms with Gasteiger partial charge in [-0.25, -0.2) is 5.43 Å². The van der Waals surface area contributed by atoms with Crippen LogP contribution in [0.4, 0.5) is 0 Å². The van der Waals surface area contributed by atoms with Crippen LogP contribution in [0.15, 0.2) is 96.2 Å². The first-order valence-electron chi connectivity index (χ1n) is 8.79. The SMILES string of the molecule is O=C(N/N=C(\c1ccccc1)c1ccccn1)c1cc2ccccc2cc1O. The van der Waals surface area contributed by atoms with Crippen molar-refractivity contribution in [1.82, 2.24) is 10.4 Å². The lowest BCUT2D eigenvalue weighted by molar-refractivity contribution is 0.0952. The Kier molecular flexibility index (Phi) is 4.80. The summed E-state index contributed by atoms with van der Waals surface area (Å²) in [6.45, 7) is 0. The van der Waals surface area contributed by atoms with E-state index in [1.807, 2.05) is 72.8 Å². The van der Waals surface area contributed by atoms with Crippen molar-refractivity contribution >= 4 is 22.4 Å². The van der Waals surface area contributed by atoms with Gasteiger partial charge in [0.25, 0.3) is 5.91 Å². The van der Waals surface area contributed by atoms with Gasteiger partial charge in [0.15, 0.2) is 0 Å². The third kappa shape index (κ3) is 3.59. The van der Waals surface area contributed by atoms with Gasteiger partial charge >= 0.3 is 0 Å². The molecule has 1 amide bonds. The highest BCUT2D eigenvalue weighted by Gasteiger charge is 2.14. The van der Waals surface area contributed by atoms with Crippen molar-refractivity contribution < 1.29 is 9.90 Å². The molecule has 4 aromatic rings. The number of nitrogens with one attached hydrogen (secondary N) is 1. The monoisotopic (exact) mass is 367 g/mol. The topological polar surface area (TPSA) is 74.6 Å². The minimum atomic E-state index is -0.493. The number of carbonyl (C=O) groups is 1. The molecule has 0 bridgehead atoms. The van der Waals surface area contributed by atoms with Gasteiger partial charge in [0.05, 0.1) is 11.3 Å². The zero-order chi connectivity index (χ0) is 19.3. The number of hydrazone groups is 1. The van der Waals surface area contributed by atoms with E-state index >= 15 is 0 Å². The fourth-order valence-corrected chi connectivity index (χ4v) is 2.95. The van der Waals surface area contributed by atoms with Gasteiger partial charge in [-0.1, -0.05) is 60.7 Å². The molecule has 3 aromatic carbocycles. The van der Waals surface area contributed by atoms with E-state index in [0.717, 1.165) is 16.3 Å². The Labute approximate surface area is 162 Å². The third-order valence-corrected chi connectivity index (χ3v) is 4.33. The number of aromatic nitrogens is 1. The van der Waals surface area contributed by atoms with Crippen molar-refractivity contribution in [3.63, 3.8) is 0 Å². The fraction of sp³-hybridized carbons (Fsp3) is 0. The Morgan fingerprint density at radius 2 is 1.54 bits per heavy atom. The smallest absolute Gasteiger partial charge is 0.275 e. The average Bonchev–Trinajstić information content (AvgIpc) is 2.75. The minimum absolute atomic E-state index is 0.0921. The van der Waals surface area contributed by atoms with E-state index in [1.54, 1.807) is 18.3 Å². The van der Waals surface area contributed by atoms with Crippen molar-refractivity contribution in [2.45, 2.75) is 0 Å². The lowest BCUT2D eigenvalue weighted by atomic mass is 10.1. The number of pyridine rings is 1. The summed E-state index contributed by atoms with van der Waals surface area (Å²) in [5, 5.41) is 16.3. The molecule has 136 valence electrons. The second-order valence-corrected chi connectivity index (χ2v) is 6.20. The van der Waals surface area contributed by atoms with Crippen LogP contribution in [0.3, 0.4) is 0 Å². The summed E-state index contributed by atoms with van der Waals surface area (Å²) >= 11 is 0. The first-order chi connectivity index (χ1) is 13.7. The Morgan fingerprint density at radius 1 is 0.857 bits per heavy atom. The van der Waals surface area contributed by atoms with Gasteiger partial charge in [-0.05, 0) is 35.0 Å². The molecule has 1 aromatic heterocycles. The third-order valence-electron chi connectivity index (χ3n) is 4.33. The van der Waals surface area contributed by atoms with Gasteiger partial charge in [-0.2, -0.15) is 5.10 Å². The zero-order valence-electron chi connectivity index (χ0n) is 14.9. The van der Waals surface area contributed by atoms with Crippen LogP contribution in [0.2, 0.25) is 0 Å². The van der Waals surface area contributed by atoms with E-state index in [4.69, 9.17) is 0 Å². The van der Waals surface area contributed by atoms with E-state index in [1.165, 1.54) is 0 Å². The van der Waals surface area contributed by atoms with Crippen LogP contribution in [-0.4, -0.2) is 21.7 Å². The molecule has 28 heavy (non-hydrogen) atoms. The number of fused-ring (bicyclic) bond motifs is 1. The van der Waals surface area contributed by atoms with Gasteiger partial charge < -0.3 is 5.11 Å². The maximum Gasteiger partial charge on any atom is 0.275 e. The van der Waals surface area contributed by atoms with Crippen LogP contribution >= 0.6 is 0 Å². The molecule has 0 fully saturated rings. The first-order valence-corrected chi connectivity index (χ1v) is 8.79. The molecule has 0 spiro atoms. The van der Waals surface area contributed by atoms with Crippen LogP contribution < -0.4 is 5.43 Å². The fourth-order valence-electron chi connectivity index (χ4n) is 2.95. The molecule has 2 N–H and O–H groups in total. The summed E-state index contributed by atoms with van der Waals surface area (Å²) in [6, 6.07) is 25.7. The quantitative estimate of drug-likeness (QED) is 0.421. The normalized spacial score (nSPS) is 11.4. The summed E-state index contributed by atoms with van der Waals surface area (Å²) in [4.78, 5) is 17.0. The molecule has 5 heteroatoms. The molecule has 1 heterocycles. The highest BCUT2D eigenvalue weighted by atomic mass is 16.3. The van der Waals surface area contributed by atoms with Gasteiger partial charge in [-0.3, -0.25) is 9.78 Å². The number of amides is 1. The molecule has 0 saturated heterocycles. The molecule has 0 aliphatic heterocycles. The number of carbonyl (C=O) groups excluding carboxylic acids is 1. The van der Waals surface area contributed by atoms with Crippen molar-refractivity contribution in [2.75, 3.05) is 0 Å². The van der Waals surface area contributed by atoms with E-state index < -0.39 is 5.91 Å². The summed E-state index contributed by atoms with van der Waals surface area (Å²) in [5.41, 5.74) is 4.71. The van der Waals surface area contributed by atoms with Gasteiger partial charge in [0, 0.05) is 11.8 Å². The zero-order valence-corrected chi connectivity index (χ0v) is 14.9. The standard InChI is InChI=1S/C23H17N3O2/c27-21-15-18-11-5-4-10-17(18)14-19(21)23(28)26-25-22(16-8-2-1-3-9-16)20-12-6-7-13-24-20/h1-15,27H,(H,26,28)/b25-22+. The molecular formula is C23H17N3O2. The van der Waals surface area contributed by atoms with E-state index in [-0.39, 0.29) is 11.3 Å². The summed E-state index contributed by atoms with van der Waals surface area (Å²) in [7, 11) is 0. The number of hydrogen-bond donors (Lipinski definition) is 2. The van der Waals surface area contributed by atoms with E-state index in [9.17, 15) is 9.90 Å². The minimum Gasteiger partial charge on any atom is -0.507 e. The Morgan fingerprint density at radius 3 is 2.25 bits per heavy atom. The molecule has 4 rings (SSSR count). The van der Waals surface area contributed by atoms with Crippen molar-refractivity contribution in [3.8, 4) is 5.75 Å². The summed E-state index contributed by atoms with van der Waals surface area (Å²) in [5.74, 6) is -0.585. The number of phenols is 1. The molecule has 0 atom stereocenters. The van der Waals surface area contributed by atoms with Gasteiger partial charge in [0.2, 0.25) is 0 Å². The van der Waals surface area contributed by atoms with Crippen LogP contribution in [0, 0.1) is 0 Å². The maximum absolute atomic E-state index is 12.7. The average molecular weight is 367 g/mol. The summed E-state index contributed by atoms with van der Waals surface area (Å²) in [6.07, 6.45) is 1.67. The lowest BCUT2D eigenvalue weighted by Gasteiger charge is -2.09. The number of benzene rings is 3. The Balaban J connectivity index is 1.69. The molecule has 0 aliphatic carbocycles. The van der Waals surface area contributed by atoms with E-state index in [2.05, 4.69) is 15.5 Å². The molecule has 0 unspecified atom stereocenters. The molecule has 0 aliphatic rings. The predicted molar refractivity (Wildman–Crippen MR) is 109 cm³/mol. The largest absolute Gasteiger partial charge is 0.507 e. The molecule has 0 radical (unpaired) electrons. The molecular weight excluding hydrogens is 350 g/mol. The van der Waals surface area contributed by atoms with Crippen LogP contribution in [0.25, 0.3) is 10.8 Å². The van der Waals surface area contributed by atoms with Crippen molar-refractivity contribution in [1.29, 1.82) is 0 Å². The Bertz CT molecular complexity index is 1110. The Hall–Kier alpha value is -3.99. The van der Waals surface area contributed by atoms with Gasteiger partial charge in [0.1, 0.15) is 11.5 Å². The second-order valence-electron chi connectivity index (χ2n) is 6.20. The predicted octanol–water partition coefficient (Wildman–Crippen LogP) is 4.12. The van der Waals surface area contributed by atoms with Crippen LogP contribution in [0.1, 0.15) is 21.6 Å². The highest BCUT2D eigenvalue weighted by molar-refractivity contribution is 6.12. The first kappa shape index (κ1) is 17.4. The van der Waals surface area contributed by atoms with E-state index in [0.29, 0.717) is 11.4 Å². The number of hydrogen-bond acceptors (Lipinski definition) is 4. The summed E-state index contributed by atoms with van der Waals surface area (Å²) < 4.78 is 0. The number of phenolic OH excluding ortho intramolecular Hbond substituents is 1. The van der Waals surface area contributed by atoms with Gasteiger partial charge in [-0.15, -0.1) is 0 Å². The highest BCUT2D eigenvalue weighted by Crippen LogP contribution is 2.24. The van der Waals surface area contributed by atoms with Crippen LogP contribution in [-0.2, 0) is 0 Å². The van der Waals surface area contributed by atoms with Crippen LogP contribution in [0.5, 0.6) is 5.75 Å². The number of rotatable bonds is 4. The lowest BCUT2D eigenvalue weighted by Crippen LogP contribution is -2.21. The van der Waals surface area contributed by atoms with Crippen molar-refractivity contribution in [2.24, 2.45) is 5.10 Å². The number of aromatic hydroxyl groups is 1. The molecule has 0 saturated carbocycles.